The molecule has 44 heavy (non-hydrogen) atoms. The Hall–Kier alpha value is -4.02. The monoisotopic (exact) mass is 624 g/mol. The minimum Gasteiger partial charge on any atom is -0.453 e. The number of halogens is 1. The zero-order chi connectivity index (χ0) is 31.9. The Bertz CT molecular complexity index is 1720. The zero-order valence-electron chi connectivity index (χ0n) is 25.6. The van der Waals surface area contributed by atoms with Gasteiger partial charge in [0.2, 0.25) is 0 Å². The van der Waals surface area contributed by atoms with Gasteiger partial charge in [0.25, 0.3) is 0 Å². The smallest absolute Gasteiger partial charge is 0.410 e. The molecule has 1 saturated carbocycles. The molecule has 13 heteroatoms. The summed E-state index contributed by atoms with van der Waals surface area (Å²) in [5.41, 5.74) is 1.32. The molecule has 1 saturated heterocycles. The van der Waals surface area contributed by atoms with Gasteiger partial charge in [0.1, 0.15) is 23.0 Å². The molecule has 5 rings (SSSR count). The molecule has 0 radical (unpaired) electrons. The fourth-order valence-electron chi connectivity index (χ4n) is 5.72. The van der Waals surface area contributed by atoms with Gasteiger partial charge in [0, 0.05) is 44.9 Å². The second kappa shape index (κ2) is 11.8. The second-order valence-corrected chi connectivity index (χ2v) is 14.3. The zero-order valence-corrected chi connectivity index (χ0v) is 26.4. The van der Waals surface area contributed by atoms with Crippen LogP contribution in [-0.4, -0.2) is 66.0 Å². The van der Waals surface area contributed by atoms with Gasteiger partial charge in [-0.15, -0.1) is 0 Å². The summed E-state index contributed by atoms with van der Waals surface area (Å²) in [5, 5.41) is 9.80. The van der Waals surface area contributed by atoms with Crippen LogP contribution in [0.15, 0.2) is 36.5 Å². The normalized spacial score (nSPS) is 16.9. The van der Waals surface area contributed by atoms with Crippen LogP contribution in [0, 0.1) is 22.6 Å². The molecule has 1 aliphatic carbocycles. The maximum absolute atomic E-state index is 14.9. The first-order valence-corrected chi connectivity index (χ1v) is 16.1. The summed E-state index contributed by atoms with van der Waals surface area (Å²) in [6.45, 7) is 8.81. The van der Waals surface area contributed by atoms with Gasteiger partial charge in [0.05, 0.1) is 22.4 Å². The maximum atomic E-state index is 14.9. The standard InChI is InChI=1S/C31H37FN6O5S/c1-6-37(5)44(40,41)36-24-10-8-23(32)28(22(24)18-33)42-21-7-9-25-26(15-21)35-27(19-34-25)20-16-31(17-20)11-13-38(14-12-31)29(39)43-30(2,3)4/h7-10,15,19-20,36H,6,11-14,16-17H2,1-5H3. The lowest BCUT2D eigenvalue weighted by Gasteiger charge is -2.52. The predicted octanol–water partition coefficient (Wildman–Crippen LogP) is 5.94. The maximum Gasteiger partial charge on any atom is 0.410 e. The molecule has 2 fully saturated rings. The van der Waals surface area contributed by atoms with Gasteiger partial charge in [-0.05, 0) is 76.1 Å². The molecule has 1 amide bonds. The van der Waals surface area contributed by atoms with E-state index in [-0.39, 0.29) is 41.0 Å². The molecule has 2 aromatic carbocycles. The number of ether oxygens (including phenoxy) is 2. The van der Waals surface area contributed by atoms with Gasteiger partial charge >= 0.3 is 16.3 Å². The van der Waals surface area contributed by atoms with Crippen molar-refractivity contribution in [1.82, 2.24) is 19.2 Å². The van der Waals surface area contributed by atoms with E-state index in [0.29, 0.717) is 24.1 Å². The van der Waals surface area contributed by atoms with E-state index < -0.39 is 27.4 Å². The lowest BCUT2D eigenvalue weighted by Crippen LogP contribution is -2.49. The Balaban J connectivity index is 1.29. The third kappa shape index (κ3) is 6.56. The SMILES string of the molecule is CCN(C)S(=O)(=O)Nc1ccc(F)c(Oc2ccc3ncc(C4CC5(CCN(C(=O)OC(C)(C)C)CC5)C4)nc3c2)c1C#N. The van der Waals surface area contributed by atoms with Crippen LogP contribution in [0.4, 0.5) is 14.9 Å². The lowest BCUT2D eigenvalue weighted by molar-refractivity contribution is -0.0126. The highest BCUT2D eigenvalue weighted by Crippen LogP contribution is 2.56. The summed E-state index contributed by atoms with van der Waals surface area (Å²) in [4.78, 5) is 23.7. The molecule has 2 aliphatic rings. The molecule has 1 N–H and O–H groups in total. The van der Waals surface area contributed by atoms with Crippen molar-refractivity contribution < 1.29 is 27.1 Å². The van der Waals surface area contributed by atoms with Crippen molar-refractivity contribution in [2.24, 2.45) is 5.41 Å². The first-order valence-electron chi connectivity index (χ1n) is 14.6. The average Bonchev–Trinajstić information content (AvgIpc) is 2.96. The molecule has 1 aliphatic heterocycles. The summed E-state index contributed by atoms with van der Waals surface area (Å²) in [7, 11) is -2.56. The van der Waals surface area contributed by atoms with E-state index >= 15 is 0 Å². The van der Waals surface area contributed by atoms with E-state index in [4.69, 9.17) is 14.5 Å². The van der Waals surface area contributed by atoms with Gasteiger partial charge in [0.15, 0.2) is 11.6 Å². The lowest BCUT2D eigenvalue weighted by atomic mass is 9.57. The van der Waals surface area contributed by atoms with E-state index in [1.807, 2.05) is 26.8 Å². The number of nitrogens with one attached hydrogen (secondary N) is 1. The minimum absolute atomic E-state index is 0.0945. The molecule has 3 aromatic rings. The number of nitriles is 1. The van der Waals surface area contributed by atoms with Crippen LogP contribution in [0.25, 0.3) is 11.0 Å². The minimum atomic E-state index is -3.95. The predicted molar refractivity (Wildman–Crippen MR) is 163 cm³/mol. The number of fused-ring (bicyclic) bond motifs is 1. The highest BCUT2D eigenvalue weighted by atomic mass is 32.2. The van der Waals surface area contributed by atoms with Crippen molar-refractivity contribution in [1.29, 1.82) is 5.26 Å². The van der Waals surface area contributed by atoms with Gasteiger partial charge in [-0.3, -0.25) is 9.71 Å². The summed E-state index contributed by atoms with van der Waals surface area (Å²) < 4.78 is 54.7. The molecular weight excluding hydrogens is 587 g/mol. The number of hydrogen-bond acceptors (Lipinski definition) is 8. The Morgan fingerprint density at radius 3 is 2.55 bits per heavy atom. The molecule has 1 aromatic heterocycles. The first kappa shape index (κ1) is 31.4. The summed E-state index contributed by atoms with van der Waals surface area (Å²) in [5.74, 6) is -0.748. The van der Waals surface area contributed by atoms with E-state index in [0.717, 1.165) is 41.7 Å². The van der Waals surface area contributed by atoms with Crippen molar-refractivity contribution in [3.05, 3.63) is 53.6 Å². The van der Waals surface area contributed by atoms with Crippen LogP contribution in [0.3, 0.4) is 0 Å². The Labute approximate surface area is 257 Å². The van der Waals surface area contributed by atoms with E-state index in [2.05, 4.69) is 9.71 Å². The van der Waals surface area contributed by atoms with Crippen LogP contribution in [-0.2, 0) is 14.9 Å². The molecule has 2 heterocycles. The molecule has 0 bridgehead atoms. The van der Waals surface area contributed by atoms with Crippen molar-refractivity contribution in [2.75, 3.05) is 31.4 Å². The van der Waals surface area contributed by atoms with Gasteiger partial charge in [-0.2, -0.15) is 18.0 Å². The highest BCUT2D eigenvalue weighted by Gasteiger charge is 2.47. The summed E-state index contributed by atoms with van der Waals surface area (Å²) in [6, 6.07) is 9.01. The summed E-state index contributed by atoms with van der Waals surface area (Å²) >= 11 is 0. The molecule has 234 valence electrons. The van der Waals surface area contributed by atoms with Crippen molar-refractivity contribution in [2.45, 2.75) is 64.9 Å². The average molecular weight is 625 g/mol. The molecular formula is C31H37FN6O5S. The number of hydrogen-bond donors (Lipinski definition) is 1. The van der Waals surface area contributed by atoms with Gasteiger partial charge < -0.3 is 14.4 Å². The van der Waals surface area contributed by atoms with Crippen molar-refractivity contribution >= 4 is 33.0 Å². The Morgan fingerprint density at radius 2 is 1.91 bits per heavy atom. The third-order valence-electron chi connectivity index (χ3n) is 8.32. The van der Waals surface area contributed by atoms with Crippen LogP contribution >= 0.6 is 0 Å². The largest absolute Gasteiger partial charge is 0.453 e. The Morgan fingerprint density at radius 1 is 1.20 bits per heavy atom. The topological polar surface area (TPSA) is 138 Å². The van der Waals surface area contributed by atoms with Crippen LogP contribution in [0.5, 0.6) is 11.5 Å². The van der Waals surface area contributed by atoms with Crippen LogP contribution < -0.4 is 9.46 Å². The number of amides is 1. The number of rotatable bonds is 7. The molecule has 1 spiro atoms. The van der Waals surface area contributed by atoms with Crippen LogP contribution in [0.2, 0.25) is 0 Å². The summed E-state index contributed by atoms with van der Waals surface area (Å²) in [6.07, 6.45) is 5.26. The van der Waals surface area contributed by atoms with Gasteiger partial charge in [-0.1, -0.05) is 6.92 Å². The fraction of sp³-hybridized carbons (Fsp3) is 0.484. The fourth-order valence-corrected chi connectivity index (χ4v) is 6.66. The molecule has 0 atom stereocenters. The second-order valence-electron chi connectivity index (χ2n) is 12.6. The van der Waals surface area contributed by atoms with E-state index in [9.17, 15) is 22.9 Å². The third-order valence-corrected chi connectivity index (χ3v) is 9.88. The van der Waals surface area contributed by atoms with Crippen LogP contribution in [0.1, 0.15) is 70.6 Å². The number of benzene rings is 2. The quantitative estimate of drug-likeness (QED) is 0.341. The van der Waals surface area contributed by atoms with Crippen molar-refractivity contribution in [3.63, 3.8) is 0 Å². The van der Waals surface area contributed by atoms with E-state index in [1.165, 1.54) is 13.1 Å². The molecule has 11 nitrogen and oxygen atoms in total. The number of piperidine rings is 1. The number of aromatic nitrogens is 2. The number of likely N-dealkylation sites (tertiary alicyclic amines) is 1. The van der Waals surface area contributed by atoms with E-state index in [1.54, 1.807) is 36.2 Å². The Kier molecular flexibility index (Phi) is 8.43. The molecule has 0 unspecified atom stereocenters. The first-order chi connectivity index (χ1) is 20.7. The number of nitrogens with zero attached hydrogens (tertiary/aromatic N) is 5. The number of carbonyl (C=O) groups excluding carboxylic acids is 1. The number of anilines is 1. The number of carbonyl (C=O) groups is 1. The highest BCUT2D eigenvalue weighted by molar-refractivity contribution is 7.90. The van der Waals surface area contributed by atoms with Gasteiger partial charge in [-0.25, -0.2) is 14.2 Å². The van der Waals surface area contributed by atoms with Crippen molar-refractivity contribution in [3.8, 4) is 17.6 Å².